The number of esters is 1. The smallest absolute Gasteiger partial charge is 0.338 e. The van der Waals surface area contributed by atoms with Crippen LogP contribution in [0.1, 0.15) is 43.5 Å². The molecule has 0 unspecified atom stereocenters. The molecule has 0 radical (unpaired) electrons. The molecule has 5 rings (SSSR count). The van der Waals surface area contributed by atoms with Crippen molar-refractivity contribution in [2.75, 3.05) is 13.4 Å². The number of thioether (sulfide) groups is 1. The van der Waals surface area contributed by atoms with E-state index in [0.717, 1.165) is 21.6 Å². The monoisotopic (exact) mass is 712 g/mol. The predicted octanol–water partition coefficient (Wildman–Crippen LogP) is 6.91. The summed E-state index contributed by atoms with van der Waals surface area (Å²) >= 11 is 12.8. The van der Waals surface area contributed by atoms with Gasteiger partial charge >= 0.3 is 5.97 Å². The van der Waals surface area contributed by atoms with E-state index < -0.39 is 12.0 Å². The molecule has 0 fully saturated rings. The lowest BCUT2D eigenvalue weighted by atomic mass is 9.96. The summed E-state index contributed by atoms with van der Waals surface area (Å²) in [6, 6.07) is 18.3. The number of thiazole rings is 1. The van der Waals surface area contributed by atoms with Crippen LogP contribution in [0.3, 0.4) is 0 Å². The highest BCUT2D eigenvalue weighted by Crippen LogP contribution is 2.38. The van der Waals surface area contributed by atoms with Gasteiger partial charge in [-0.3, -0.25) is 9.36 Å². The van der Waals surface area contributed by atoms with Crippen LogP contribution < -0.4 is 24.4 Å². The molecular formula is C33H30BrClN2O5S2. The first-order valence-electron chi connectivity index (χ1n) is 13.7. The van der Waals surface area contributed by atoms with Crippen molar-refractivity contribution < 1.29 is 19.0 Å². The molecule has 0 spiro atoms. The van der Waals surface area contributed by atoms with Gasteiger partial charge in [-0.25, -0.2) is 9.79 Å². The fourth-order valence-corrected chi connectivity index (χ4v) is 7.06. The molecule has 0 amide bonds. The van der Waals surface area contributed by atoms with Crippen LogP contribution >= 0.6 is 50.6 Å². The van der Waals surface area contributed by atoms with Crippen molar-refractivity contribution in [3.05, 3.63) is 118 Å². The Morgan fingerprint density at radius 1 is 1.18 bits per heavy atom. The van der Waals surface area contributed by atoms with Crippen LogP contribution in [-0.4, -0.2) is 30.0 Å². The van der Waals surface area contributed by atoms with E-state index in [1.165, 1.54) is 11.3 Å². The third-order valence-corrected chi connectivity index (χ3v) is 9.58. The van der Waals surface area contributed by atoms with Crippen molar-refractivity contribution in [1.29, 1.82) is 0 Å². The SMILES string of the molecule is COc1cc(/C=c2\sc3n(c2=O)[C@H](c2ccc(SC)cc2)C(C(=O)OC(C)C)=C(C)N=3)cc(Br)c1OCc1ccccc1Cl. The van der Waals surface area contributed by atoms with Crippen LogP contribution in [-0.2, 0) is 16.1 Å². The van der Waals surface area contributed by atoms with Crippen molar-refractivity contribution >= 4 is 62.7 Å². The Morgan fingerprint density at radius 3 is 2.57 bits per heavy atom. The average Bonchev–Trinajstić information content (AvgIpc) is 3.29. The Morgan fingerprint density at radius 2 is 1.91 bits per heavy atom. The van der Waals surface area contributed by atoms with Gasteiger partial charge in [0, 0.05) is 15.5 Å². The molecule has 44 heavy (non-hydrogen) atoms. The normalized spacial score (nSPS) is 14.8. The van der Waals surface area contributed by atoms with Gasteiger partial charge in [0.15, 0.2) is 16.3 Å². The van der Waals surface area contributed by atoms with Gasteiger partial charge in [0.2, 0.25) is 0 Å². The number of rotatable bonds is 9. The third-order valence-electron chi connectivity index (χ3n) is 6.90. The van der Waals surface area contributed by atoms with Gasteiger partial charge in [-0.15, -0.1) is 11.8 Å². The fraction of sp³-hybridized carbons (Fsp3) is 0.242. The summed E-state index contributed by atoms with van der Waals surface area (Å²) in [5.74, 6) is 0.519. The van der Waals surface area contributed by atoms with E-state index >= 15 is 0 Å². The van der Waals surface area contributed by atoms with Crippen LogP contribution in [0.2, 0.25) is 5.02 Å². The Bertz CT molecular complexity index is 1930. The lowest BCUT2D eigenvalue weighted by molar-refractivity contribution is -0.143. The Kier molecular flexibility index (Phi) is 10.0. The van der Waals surface area contributed by atoms with Gasteiger partial charge in [0.05, 0.1) is 39.5 Å². The highest BCUT2D eigenvalue weighted by molar-refractivity contribution is 9.10. The molecule has 0 aliphatic carbocycles. The summed E-state index contributed by atoms with van der Waals surface area (Å²) < 4.78 is 20.0. The summed E-state index contributed by atoms with van der Waals surface area (Å²) in [5, 5.41) is 0.615. The maximum Gasteiger partial charge on any atom is 0.338 e. The molecule has 7 nitrogen and oxygen atoms in total. The van der Waals surface area contributed by atoms with Gasteiger partial charge in [-0.1, -0.05) is 53.3 Å². The number of hydrogen-bond acceptors (Lipinski definition) is 8. The molecule has 4 aromatic rings. The highest BCUT2D eigenvalue weighted by Gasteiger charge is 2.33. The summed E-state index contributed by atoms with van der Waals surface area (Å²) in [4.78, 5) is 33.7. The van der Waals surface area contributed by atoms with E-state index in [4.69, 9.17) is 25.8 Å². The first-order valence-corrected chi connectivity index (χ1v) is 16.9. The van der Waals surface area contributed by atoms with E-state index in [9.17, 15) is 9.59 Å². The largest absolute Gasteiger partial charge is 0.493 e. The Hall–Kier alpha value is -3.31. The topological polar surface area (TPSA) is 79.1 Å². The number of ether oxygens (including phenoxy) is 3. The van der Waals surface area contributed by atoms with Crippen LogP contribution in [0.15, 0.2) is 91.1 Å². The van der Waals surface area contributed by atoms with Crippen LogP contribution in [0.5, 0.6) is 11.5 Å². The second-order valence-corrected chi connectivity index (χ2v) is 13.4. The third kappa shape index (κ3) is 6.68. The minimum absolute atomic E-state index is 0.255. The van der Waals surface area contributed by atoms with Crippen LogP contribution in [0, 0.1) is 0 Å². The van der Waals surface area contributed by atoms with E-state index in [2.05, 4.69) is 20.9 Å². The van der Waals surface area contributed by atoms with Crippen molar-refractivity contribution in [2.24, 2.45) is 4.99 Å². The molecule has 2 heterocycles. The van der Waals surface area contributed by atoms with Crippen LogP contribution in [0.25, 0.3) is 6.08 Å². The fourth-order valence-electron chi connectivity index (χ4n) is 4.84. The molecule has 11 heteroatoms. The zero-order chi connectivity index (χ0) is 31.5. The van der Waals surface area contributed by atoms with E-state index in [0.29, 0.717) is 41.6 Å². The molecule has 1 aliphatic rings. The number of methoxy groups -OCH3 is 1. The number of carbonyl (C=O) groups is 1. The summed E-state index contributed by atoms with van der Waals surface area (Å²) in [5.41, 5.74) is 2.97. The number of nitrogens with zero attached hydrogens (tertiary/aromatic N) is 2. The minimum atomic E-state index is -0.683. The number of allylic oxidation sites excluding steroid dienone is 1. The Balaban J connectivity index is 1.58. The number of halogens is 2. The van der Waals surface area contributed by atoms with Gasteiger partial charge in [-0.2, -0.15) is 0 Å². The van der Waals surface area contributed by atoms with Crippen molar-refractivity contribution in [2.45, 2.75) is 44.4 Å². The molecule has 0 N–H and O–H groups in total. The zero-order valence-corrected chi connectivity index (χ0v) is 28.7. The van der Waals surface area contributed by atoms with Gasteiger partial charge < -0.3 is 14.2 Å². The number of hydrogen-bond donors (Lipinski definition) is 0. The van der Waals surface area contributed by atoms with Gasteiger partial charge in [0.25, 0.3) is 5.56 Å². The molecule has 0 saturated heterocycles. The number of aromatic nitrogens is 1. The molecule has 3 aromatic carbocycles. The number of benzene rings is 3. The molecule has 228 valence electrons. The predicted molar refractivity (Wildman–Crippen MR) is 180 cm³/mol. The van der Waals surface area contributed by atoms with E-state index in [1.54, 1.807) is 56.4 Å². The van der Waals surface area contributed by atoms with Crippen molar-refractivity contribution in [3.8, 4) is 11.5 Å². The van der Waals surface area contributed by atoms with E-state index in [-0.39, 0.29) is 18.3 Å². The number of carbonyl (C=O) groups excluding carboxylic acids is 1. The summed E-state index contributed by atoms with van der Waals surface area (Å²) in [7, 11) is 1.56. The van der Waals surface area contributed by atoms with Gasteiger partial charge in [0.1, 0.15) is 6.61 Å². The standard InChI is InChI=1S/C33H30BrClN2O5S2/c1-18(2)42-32(39)28-19(3)36-33-37(29(28)21-10-12-23(43-5)13-11-21)31(38)27(44-33)16-20-14-24(34)30(26(15-20)40-4)41-17-22-8-6-7-9-25(22)35/h6-16,18,29H,17H2,1-5H3/b27-16-/t29-/m1/s1. The molecular weight excluding hydrogens is 684 g/mol. The lowest BCUT2D eigenvalue weighted by Gasteiger charge is -2.25. The van der Waals surface area contributed by atoms with Crippen molar-refractivity contribution in [3.63, 3.8) is 0 Å². The summed E-state index contributed by atoms with van der Waals surface area (Å²) in [6.45, 7) is 5.63. The van der Waals surface area contributed by atoms with Crippen molar-refractivity contribution in [1.82, 2.24) is 4.57 Å². The van der Waals surface area contributed by atoms with Crippen LogP contribution in [0.4, 0.5) is 0 Å². The maximum absolute atomic E-state index is 14.0. The molecule has 0 bridgehead atoms. The van der Waals surface area contributed by atoms with E-state index in [1.807, 2.05) is 60.9 Å². The quantitative estimate of drug-likeness (QED) is 0.139. The Labute approximate surface area is 277 Å². The number of fused-ring (bicyclic) bond motifs is 1. The maximum atomic E-state index is 14.0. The molecule has 1 atom stereocenters. The minimum Gasteiger partial charge on any atom is -0.493 e. The summed E-state index contributed by atoms with van der Waals surface area (Å²) in [6.07, 6.45) is 3.46. The second-order valence-electron chi connectivity index (χ2n) is 10.2. The first-order chi connectivity index (χ1) is 21.1. The second kappa shape index (κ2) is 13.8. The zero-order valence-electron chi connectivity index (χ0n) is 24.7. The average molecular weight is 714 g/mol. The van der Waals surface area contributed by atoms with Gasteiger partial charge in [-0.05, 0) is 90.5 Å². The molecule has 1 aliphatic heterocycles. The molecule has 0 saturated carbocycles. The molecule has 1 aromatic heterocycles. The first kappa shape index (κ1) is 32.1. The highest BCUT2D eigenvalue weighted by atomic mass is 79.9. The lowest BCUT2D eigenvalue weighted by Crippen LogP contribution is -2.40.